The van der Waals surface area contributed by atoms with Gasteiger partial charge in [-0.2, -0.15) is 11.8 Å². The Balaban J connectivity index is 1.99. The number of phenols is 1. The van der Waals surface area contributed by atoms with Gasteiger partial charge in [0, 0.05) is 16.9 Å². The molecule has 1 fully saturated rings. The summed E-state index contributed by atoms with van der Waals surface area (Å²) < 4.78 is 4.97. The van der Waals surface area contributed by atoms with Crippen LogP contribution in [-0.4, -0.2) is 35.7 Å². The zero-order valence-electron chi connectivity index (χ0n) is 11.9. The molecule has 2 unspecified atom stereocenters. The highest BCUT2D eigenvalue weighted by Gasteiger charge is 2.23. The predicted octanol–water partition coefficient (Wildman–Crippen LogP) is 2.80. The third-order valence-electron chi connectivity index (χ3n) is 3.74. The van der Waals surface area contributed by atoms with E-state index in [1.165, 1.54) is 19.6 Å². The highest BCUT2D eigenvalue weighted by atomic mass is 32.2. The summed E-state index contributed by atoms with van der Waals surface area (Å²) in [5.41, 5.74) is 0.467. The summed E-state index contributed by atoms with van der Waals surface area (Å²) in [4.78, 5) is 12.2. The number of ether oxygens (including phenoxy) is 1. The SMILES string of the molecule is COc1ccc(C(=O)NC2CCCC(SC)C2)cc1O. The molecule has 0 spiro atoms. The fraction of sp³-hybridized carbons (Fsp3) is 0.533. The highest BCUT2D eigenvalue weighted by molar-refractivity contribution is 7.99. The quantitative estimate of drug-likeness (QED) is 0.897. The molecule has 2 atom stereocenters. The molecule has 5 heteroatoms. The van der Waals surface area contributed by atoms with E-state index in [9.17, 15) is 9.90 Å². The van der Waals surface area contributed by atoms with Crippen molar-refractivity contribution >= 4 is 17.7 Å². The van der Waals surface area contributed by atoms with Gasteiger partial charge in [-0.15, -0.1) is 0 Å². The number of phenolic OH excluding ortho intramolecular Hbond substituents is 1. The molecule has 0 aromatic heterocycles. The Labute approximate surface area is 123 Å². The van der Waals surface area contributed by atoms with Gasteiger partial charge in [-0.25, -0.2) is 0 Å². The first kappa shape index (κ1) is 15.0. The van der Waals surface area contributed by atoms with Gasteiger partial charge in [-0.05, 0) is 43.7 Å². The van der Waals surface area contributed by atoms with E-state index in [0.717, 1.165) is 19.3 Å². The van der Waals surface area contributed by atoms with Crippen LogP contribution in [0.4, 0.5) is 0 Å². The molecule has 0 radical (unpaired) electrons. The normalized spacial score (nSPS) is 22.3. The van der Waals surface area contributed by atoms with Crippen molar-refractivity contribution < 1.29 is 14.6 Å². The lowest BCUT2D eigenvalue weighted by Gasteiger charge is -2.28. The zero-order valence-corrected chi connectivity index (χ0v) is 12.7. The number of carbonyl (C=O) groups excluding carboxylic acids is 1. The zero-order chi connectivity index (χ0) is 14.5. The molecule has 20 heavy (non-hydrogen) atoms. The first-order chi connectivity index (χ1) is 9.63. The van der Waals surface area contributed by atoms with E-state index in [1.807, 2.05) is 11.8 Å². The van der Waals surface area contributed by atoms with Crippen LogP contribution in [0.5, 0.6) is 11.5 Å². The number of hydrogen-bond acceptors (Lipinski definition) is 4. The number of nitrogens with one attached hydrogen (secondary N) is 1. The minimum Gasteiger partial charge on any atom is -0.504 e. The highest BCUT2D eigenvalue weighted by Crippen LogP contribution is 2.28. The van der Waals surface area contributed by atoms with Crippen LogP contribution in [0, 0.1) is 0 Å². The van der Waals surface area contributed by atoms with Crippen LogP contribution in [0.2, 0.25) is 0 Å². The van der Waals surface area contributed by atoms with E-state index in [2.05, 4.69) is 11.6 Å². The molecule has 1 aromatic rings. The Hall–Kier alpha value is -1.36. The molecule has 1 aromatic carbocycles. The van der Waals surface area contributed by atoms with Crippen molar-refractivity contribution in [3.8, 4) is 11.5 Å². The average Bonchev–Trinajstić information content (AvgIpc) is 2.47. The van der Waals surface area contributed by atoms with Crippen molar-refractivity contribution in [1.82, 2.24) is 5.32 Å². The third-order valence-corrected chi connectivity index (χ3v) is 4.83. The summed E-state index contributed by atoms with van der Waals surface area (Å²) in [6.07, 6.45) is 6.57. The molecule has 1 amide bonds. The molecule has 4 nitrogen and oxygen atoms in total. The maximum absolute atomic E-state index is 12.2. The van der Waals surface area contributed by atoms with Crippen molar-refractivity contribution in [3.05, 3.63) is 23.8 Å². The molecule has 0 aliphatic heterocycles. The van der Waals surface area contributed by atoms with Gasteiger partial charge in [0.1, 0.15) is 0 Å². The maximum Gasteiger partial charge on any atom is 0.251 e. The number of benzene rings is 1. The summed E-state index contributed by atoms with van der Waals surface area (Å²) in [6, 6.07) is 4.96. The van der Waals surface area contributed by atoms with E-state index < -0.39 is 0 Å². The fourth-order valence-corrected chi connectivity index (χ4v) is 3.42. The number of thioether (sulfide) groups is 1. The van der Waals surface area contributed by atoms with E-state index in [1.54, 1.807) is 12.1 Å². The molecule has 1 aliphatic carbocycles. The molecule has 0 bridgehead atoms. The van der Waals surface area contributed by atoms with Crippen LogP contribution < -0.4 is 10.1 Å². The summed E-state index contributed by atoms with van der Waals surface area (Å²) >= 11 is 1.87. The second-order valence-corrected chi connectivity index (χ2v) is 6.22. The molecule has 110 valence electrons. The molecule has 0 saturated heterocycles. The Bertz CT molecular complexity index is 478. The topological polar surface area (TPSA) is 58.6 Å². The van der Waals surface area contributed by atoms with Gasteiger partial charge < -0.3 is 15.2 Å². The second kappa shape index (κ2) is 6.88. The number of aromatic hydroxyl groups is 1. The van der Waals surface area contributed by atoms with Crippen molar-refractivity contribution in [2.45, 2.75) is 37.0 Å². The van der Waals surface area contributed by atoms with E-state index in [-0.39, 0.29) is 17.7 Å². The predicted molar refractivity (Wildman–Crippen MR) is 81.7 cm³/mol. The number of rotatable bonds is 4. The number of amides is 1. The maximum atomic E-state index is 12.2. The lowest BCUT2D eigenvalue weighted by molar-refractivity contribution is 0.0928. The van der Waals surface area contributed by atoms with Gasteiger partial charge in [0.15, 0.2) is 11.5 Å². The van der Waals surface area contributed by atoms with Crippen LogP contribution in [0.25, 0.3) is 0 Å². The molecule has 1 saturated carbocycles. The number of methoxy groups -OCH3 is 1. The van der Waals surface area contributed by atoms with Gasteiger partial charge in [-0.3, -0.25) is 4.79 Å². The van der Waals surface area contributed by atoms with Crippen LogP contribution >= 0.6 is 11.8 Å². The molecular weight excluding hydrogens is 274 g/mol. The fourth-order valence-electron chi connectivity index (χ4n) is 2.59. The Morgan fingerprint density at radius 1 is 1.45 bits per heavy atom. The number of hydrogen-bond donors (Lipinski definition) is 2. The van der Waals surface area contributed by atoms with Crippen LogP contribution in [-0.2, 0) is 0 Å². The molecule has 1 aliphatic rings. The molecule has 2 rings (SSSR count). The first-order valence-electron chi connectivity index (χ1n) is 6.84. The van der Waals surface area contributed by atoms with Crippen molar-refractivity contribution in [1.29, 1.82) is 0 Å². The van der Waals surface area contributed by atoms with Gasteiger partial charge >= 0.3 is 0 Å². The lowest BCUT2D eigenvalue weighted by Crippen LogP contribution is -2.39. The Morgan fingerprint density at radius 2 is 2.25 bits per heavy atom. The Morgan fingerprint density at radius 3 is 2.90 bits per heavy atom. The largest absolute Gasteiger partial charge is 0.504 e. The van der Waals surface area contributed by atoms with Crippen molar-refractivity contribution in [3.63, 3.8) is 0 Å². The van der Waals surface area contributed by atoms with Gasteiger partial charge in [0.2, 0.25) is 0 Å². The smallest absolute Gasteiger partial charge is 0.251 e. The van der Waals surface area contributed by atoms with Crippen molar-refractivity contribution in [2.24, 2.45) is 0 Å². The first-order valence-corrected chi connectivity index (χ1v) is 8.13. The summed E-state index contributed by atoms with van der Waals surface area (Å²) in [6.45, 7) is 0. The molecule has 0 heterocycles. The molecule has 2 N–H and O–H groups in total. The van der Waals surface area contributed by atoms with Gasteiger partial charge in [-0.1, -0.05) is 6.42 Å². The standard InChI is InChI=1S/C15H21NO3S/c1-19-14-7-6-10(8-13(14)17)15(18)16-11-4-3-5-12(9-11)20-2/h6-8,11-12,17H,3-5,9H2,1-2H3,(H,16,18). The lowest BCUT2D eigenvalue weighted by atomic mass is 9.94. The molecular formula is C15H21NO3S. The second-order valence-electron chi connectivity index (χ2n) is 5.08. The third kappa shape index (κ3) is 3.60. The van der Waals surface area contributed by atoms with E-state index in [0.29, 0.717) is 16.6 Å². The van der Waals surface area contributed by atoms with Crippen LogP contribution in [0.1, 0.15) is 36.0 Å². The summed E-state index contributed by atoms with van der Waals surface area (Å²) in [5.74, 6) is 0.238. The minimum atomic E-state index is -0.130. The van der Waals surface area contributed by atoms with Gasteiger partial charge in [0.25, 0.3) is 5.91 Å². The van der Waals surface area contributed by atoms with Crippen molar-refractivity contribution in [2.75, 3.05) is 13.4 Å². The van der Waals surface area contributed by atoms with E-state index >= 15 is 0 Å². The summed E-state index contributed by atoms with van der Waals surface area (Å²) in [5, 5.41) is 13.4. The minimum absolute atomic E-state index is 0.00853. The Kier molecular flexibility index (Phi) is 5.17. The average molecular weight is 295 g/mol. The number of carbonyl (C=O) groups is 1. The monoisotopic (exact) mass is 295 g/mol. The van der Waals surface area contributed by atoms with Gasteiger partial charge in [0.05, 0.1) is 7.11 Å². The summed E-state index contributed by atoms with van der Waals surface area (Å²) in [7, 11) is 1.49. The van der Waals surface area contributed by atoms with Crippen LogP contribution in [0.3, 0.4) is 0 Å². The van der Waals surface area contributed by atoms with E-state index in [4.69, 9.17) is 4.74 Å². The van der Waals surface area contributed by atoms with Crippen LogP contribution in [0.15, 0.2) is 18.2 Å².